The van der Waals surface area contributed by atoms with Crippen molar-refractivity contribution in [3.8, 4) is 0 Å². The Bertz CT molecular complexity index is 686. The Hall–Kier alpha value is -0.165. The third kappa shape index (κ3) is 2.54. The van der Waals surface area contributed by atoms with Crippen LogP contribution in [0.3, 0.4) is 0 Å². The SMILES string of the molecule is Cc1ccc2cn(PI)nc2c1B1OC(C)(C)C(C)(C)O1. The lowest BCUT2D eigenvalue weighted by Crippen LogP contribution is -2.41. The van der Waals surface area contributed by atoms with Crippen LogP contribution in [0.4, 0.5) is 0 Å². The highest BCUT2D eigenvalue weighted by Crippen LogP contribution is 2.37. The van der Waals surface area contributed by atoms with E-state index in [2.05, 4.69) is 75.0 Å². The zero-order chi connectivity index (χ0) is 15.4. The first-order valence-corrected chi connectivity index (χ1v) is 11.0. The van der Waals surface area contributed by atoms with Crippen LogP contribution < -0.4 is 5.46 Å². The molecular weight excluding hydrogens is 397 g/mol. The van der Waals surface area contributed by atoms with Gasteiger partial charge in [0, 0.05) is 17.0 Å². The lowest BCUT2D eigenvalue weighted by Gasteiger charge is -2.32. The topological polar surface area (TPSA) is 36.3 Å². The fraction of sp³-hybridized carbons (Fsp3) is 0.500. The van der Waals surface area contributed by atoms with Gasteiger partial charge in [-0.05, 0) is 62.2 Å². The van der Waals surface area contributed by atoms with E-state index in [9.17, 15) is 0 Å². The maximum Gasteiger partial charge on any atom is 0.497 e. The summed E-state index contributed by atoms with van der Waals surface area (Å²) in [4.78, 5) is 0. The van der Waals surface area contributed by atoms with Crippen molar-refractivity contribution < 1.29 is 9.31 Å². The Morgan fingerprint density at radius 3 is 2.38 bits per heavy atom. The van der Waals surface area contributed by atoms with Gasteiger partial charge < -0.3 is 9.31 Å². The molecule has 0 spiro atoms. The first-order valence-electron chi connectivity index (χ1n) is 6.96. The van der Waals surface area contributed by atoms with Crippen LogP contribution in [-0.2, 0) is 9.31 Å². The van der Waals surface area contributed by atoms with Crippen molar-refractivity contribution >= 4 is 51.9 Å². The lowest BCUT2D eigenvalue weighted by atomic mass is 9.75. The predicted molar refractivity (Wildman–Crippen MR) is 97.9 cm³/mol. The maximum absolute atomic E-state index is 6.21. The Labute approximate surface area is 140 Å². The molecule has 21 heavy (non-hydrogen) atoms. The highest BCUT2D eigenvalue weighted by atomic mass is 127. The summed E-state index contributed by atoms with van der Waals surface area (Å²) in [5.41, 5.74) is 2.53. The number of aromatic nitrogens is 2. The van der Waals surface area contributed by atoms with Gasteiger partial charge in [0.1, 0.15) is 0 Å². The second-order valence-corrected chi connectivity index (χ2v) is 8.55. The normalized spacial score (nSPS) is 21.0. The van der Waals surface area contributed by atoms with Crippen molar-refractivity contribution in [3.05, 3.63) is 23.9 Å². The van der Waals surface area contributed by atoms with E-state index in [0.717, 1.165) is 21.9 Å². The van der Waals surface area contributed by atoms with Crippen molar-refractivity contribution in [1.82, 2.24) is 9.55 Å². The summed E-state index contributed by atoms with van der Waals surface area (Å²) in [6.07, 6.45) is 2.67. The van der Waals surface area contributed by atoms with Crippen LogP contribution >= 0.6 is 28.4 Å². The van der Waals surface area contributed by atoms with E-state index in [0.29, 0.717) is 6.37 Å². The maximum atomic E-state index is 6.21. The number of benzene rings is 1. The summed E-state index contributed by atoms with van der Waals surface area (Å²) in [6, 6.07) is 4.23. The van der Waals surface area contributed by atoms with Gasteiger partial charge in [0.15, 0.2) is 0 Å². The molecule has 0 radical (unpaired) electrons. The Morgan fingerprint density at radius 2 is 1.81 bits per heavy atom. The number of rotatable bonds is 2. The highest BCUT2D eigenvalue weighted by Gasteiger charge is 2.52. The zero-order valence-electron chi connectivity index (χ0n) is 12.9. The molecule has 1 unspecified atom stereocenters. The van der Waals surface area contributed by atoms with Crippen LogP contribution in [-0.4, -0.2) is 27.9 Å². The third-order valence-electron chi connectivity index (χ3n) is 4.51. The molecule has 1 saturated heterocycles. The zero-order valence-corrected chi connectivity index (χ0v) is 16.1. The largest absolute Gasteiger partial charge is 0.497 e. The second kappa shape index (κ2) is 5.19. The first kappa shape index (κ1) is 15.7. The van der Waals surface area contributed by atoms with Gasteiger partial charge in [0.05, 0.1) is 23.1 Å². The van der Waals surface area contributed by atoms with Gasteiger partial charge in [-0.25, -0.2) is 4.45 Å². The minimum atomic E-state index is -0.361. The number of fused-ring (bicyclic) bond motifs is 1. The Kier molecular flexibility index (Phi) is 3.88. The van der Waals surface area contributed by atoms with E-state index in [1.54, 1.807) is 0 Å². The van der Waals surface area contributed by atoms with Gasteiger partial charge in [0.25, 0.3) is 0 Å². The summed E-state index contributed by atoms with van der Waals surface area (Å²) < 4.78 is 14.4. The van der Waals surface area contributed by atoms with Gasteiger partial charge >= 0.3 is 7.12 Å². The van der Waals surface area contributed by atoms with Gasteiger partial charge in [-0.1, -0.05) is 12.1 Å². The van der Waals surface area contributed by atoms with E-state index in [1.165, 1.54) is 0 Å². The average molecular weight is 416 g/mol. The average Bonchev–Trinajstić information content (AvgIpc) is 2.88. The smallest absolute Gasteiger partial charge is 0.399 e. The molecule has 1 aromatic heterocycles. The fourth-order valence-electron chi connectivity index (χ4n) is 2.51. The molecule has 1 atom stereocenters. The quantitative estimate of drug-likeness (QED) is 0.428. The van der Waals surface area contributed by atoms with Crippen LogP contribution in [0.2, 0.25) is 0 Å². The standard InChI is InChI=1S/C14H19BIN2O2P/c1-9-6-7-10-8-18(21-16)17-12(10)11(9)15-19-13(2,3)14(4,5)20-15/h6-8,21H,1-5H3. The molecule has 112 valence electrons. The number of hydrogen-bond acceptors (Lipinski definition) is 3. The van der Waals surface area contributed by atoms with E-state index < -0.39 is 0 Å². The monoisotopic (exact) mass is 416 g/mol. The lowest BCUT2D eigenvalue weighted by molar-refractivity contribution is 0.00578. The first-order chi connectivity index (χ1) is 9.75. The summed E-state index contributed by atoms with van der Waals surface area (Å²) >= 11 is 2.33. The van der Waals surface area contributed by atoms with Crippen LogP contribution in [0.15, 0.2) is 18.3 Å². The molecule has 0 bridgehead atoms. The van der Waals surface area contributed by atoms with Gasteiger partial charge in [-0.2, -0.15) is 5.10 Å². The molecule has 1 fully saturated rings. The molecule has 0 saturated carbocycles. The van der Waals surface area contributed by atoms with E-state index in [1.807, 2.05) is 4.45 Å². The summed E-state index contributed by atoms with van der Waals surface area (Å²) in [5, 5.41) is 5.83. The van der Waals surface area contributed by atoms with Crippen LogP contribution in [0, 0.1) is 6.92 Å². The molecule has 0 aliphatic carbocycles. The van der Waals surface area contributed by atoms with Crippen LogP contribution in [0.5, 0.6) is 0 Å². The van der Waals surface area contributed by atoms with Crippen molar-refractivity contribution in [2.45, 2.75) is 45.8 Å². The summed E-state index contributed by atoms with van der Waals surface area (Å²) in [6.45, 7) is 10.4. The van der Waals surface area contributed by atoms with E-state index >= 15 is 0 Å². The highest BCUT2D eigenvalue weighted by molar-refractivity contribution is 14.2. The number of hydrogen-bond donors (Lipinski definition) is 0. The number of nitrogens with zero attached hydrogens (tertiary/aromatic N) is 2. The molecule has 4 nitrogen and oxygen atoms in total. The molecule has 1 aromatic carbocycles. The molecule has 7 heteroatoms. The molecule has 0 amide bonds. The molecule has 1 aliphatic rings. The van der Waals surface area contributed by atoms with Gasteiger partial charge in [-0.15, -0.1) is 0 Å². The Morgan fingerprint density at radius 1 is 1.19 bits per heavy atom. The molecule has 2 heterocycles. The van der Waals surface area contributed by atoms with Gasteiger partial charge in [0.2, 0.25) is 0 Å². The van der Waals surface area contributed by atoms with E-state index in [-0.39, 0.29) is 18.3 Å². The van der Waals surface area contributed by atoms with E-state index in [4.69, 9.17) is 14.4 Å². The summed E-state index contributed by atoms with van der Waals surface area (Å²) in [5.74, 6) is 0. The molecule has 0 N–H and O–H groups in total. The van der Waals surface area contributed by atoms with Crippen LogP contribution in [0.1, 0.15) is 33.3 Å². The van der Waals surface area contributed by atoms with Crippen molar-refractivity contribution in [2.75, 3.05) is 0 Å². The Balaban J connectivity index is 2.13. The molecule has 2 aromatic rings. The van der Waals surface area contributed by atoms with Crippen LogP contribution in [0.25, 0.3) is 10.9 Å². The van der Waals surface area contributed by atoms with Crippen molar-refractivity contribution in [1.29, 1.82) is 0 Å². The number of aryl methyl sites for hydroxylation is 1. The summed E-state index contributed by atoms with van der Waals surface area (Å²) in [7, 11) is -0.361. The minimum Gasteiger partial charge on any atom is -0.399 e. The molecule has 1 aliphatic heterocycles. The minimum absolute atomic E-state index is 0.333. The fourth-order valence-corrected chi connectivity index (χ4v) is 3.58. The van der Waals surface area contributed by atoms with Gasteiger partial charge in [-0.3, -0.25) is 0 Å². The predicted octanol–water partition coefficient (Wildman–Crippen LogP) is 3.44. The molecule has 3 rings (SSSR count). The number of halogens is 1. The van der Waals surface area contributed by atoms with Crippen molar-refractivity contribution in [2.24, 2.45) is 0 Å². The van der Waals surface area contributed by atoms with Crippen molar-refractivity contribution in [3.63, 3.8) is 0 Å². The third-order valence-corrected chi connectivity index (χ3v) is 6.40. The second-order valence-electron chi connectivity index (χ2n) is 6.48. The molecular formula is C14H19BIN2O2P.